The Balaban J connectivity index is 1.49. The molecule has 0 aliphatic carbocycles. The third-order valence-corrected chi connectivity index (χ3v) is 3.72. The molecule has 2 aromatic carbocycles. The smallest absolute Gasteiger partial charge is 0.325 e. The van der Waals surface area contributed by atoms with Crippen molar-refractivity contribution in [1.29, 1.82) is 0 Å². The first-order valence-electron chi connectivity index (χ1n) is 8.24. The third-order valence-electron chi connectivity index (χ3n) is 3.72. The number of ether oxygens (including phenoxy) is 2. The fourth-order valence-corrected chi connectivity index (χ4v) is 2.34. The molecule has 0 saturated carbocycles. The quantitative estimate of drug-likeness (QED) is 0.647. The fraction of sp³-hybridized carbons (Fsp3) is 0.150. The van der Waals surface area contributed by atoms with E-state index in [4.69, 9.17) is 14.0 Å². The van der Waals surface area contributed by atoms with Gasteiger partial charge in [0.25, 0.3) is 5.91 Å². The molecule has 0 radical (unpaired) electrons. The molecule has 0 aliphatic rings. The molecule has 0 spiro atoms. The first-order valence-corrected chi connectivity index (χ1v) is 8.24. The van der Waals surface area contributed by atoms with Gasteiger partial charge in [0.2, 0.25) is 0 Å². The number of esters is 1. The molecule has 3 aromatic rings. The summed E-state index contributed by atoms with van der Waals surface area (Å²) in [7, 11) is 1.58. The van der Waals surface area contributed by atoms with Gasteiger partial charge in [-0.05, 0) is 24.3 Å². The number of nitrogens with zero attached hydrogens (tertiary/aromatic N) is 1. The predicted molar refractivity (Wildman–Crippen MR) is 97.1 cm³/mol. The van der Waals surface area contributed by atoms with Crippen LogP contribution in [-0.2, 0) is 16.1 Å². The van der Waals surface area contributed by atoms with E-state index in [9.17, 15) is 9.59 Å². The highest BCUT2D eigenvalue weighted by Crippen LogP contribution is 2.24. The molecule has 0 bridgehead atoms. The van der Waals surface area contributed by atoms with E-state index in [-0.39, 0.29) is 19.1 Å². The number of rotatable bonds is 7. The van der Waals surface area contributed by atoms with Crippen molar-refractivity contribution in [3.8, 4) is 17.1 Å². The molecule has 1 aromatic heterocycles. The minimum Gasteiger partial charge on any atom is -0.497 e. The Morgan fingerprint density at radius 2 is 1.89 bits per heavy atom. The van der Waals surface area contributed by atoms with Crippen molar-refractivity contribution in [2.75, 3.05) is 13.7 Å². The van der Waals surface area contributed by atoms with Crippen molar-refractivity contribution in [3.05, 3.63) is 71.9 Å². The van der Waals surface area contributed by atoms with Crippen molar-refractivity contribution in [1.82, 2.24) is 10.5 Å². The van der Waals surface area contributed by atoms with Crippen molar-refractivity contribution in [2.45, 2.75) is 6.61 Å². The number of carbonyl (C=O) groups excluding carboxylic acids is 2. The third kappa shape index (κ3) is 4.94. The van der Waals surface area contributed by atoms with Crippen LogP contribution < -0.4 is 10.1 Å². The summed E-state index contributed by atoms with van der Waals surface area (Å²) < 4.78 is 15.6. The minimum absolute atomic E-state index is 0.0481. The lowest BCUT2D eigenvalue weighted by atomic mass is 10.1. The molecule has 1 heterocycles. The molecule has 7 heteroatoms. The van der Waals surface area contributed by atoms with Crippen LogP contribution in [0.3, 0.4) is 0 Å². The van der Waals surface area contributed by atoms with Crippen LogP contribution in [0, 0.1) is 0 Å². The maximum atomic E-state index is 11.9. The zero-order valence-corrected chi connectivity index (χ0v) is 14.7. The average Bonchev–Trinajstić information content (AvgIpc) is 3.20. The highest BCUT2D eigenvalue weighted by Gasteiger charge is 2.11. The highest BCUT2D eigenvalue weighted by molar-refractivity contribution is 5.95. The first-order chi connectivity index (χ1) is 13.2. The Labute approximate surface area is 155 Å². The number of carbonyl (C=O) groups is 2. The summed E-state index contributed by atoms with van der Waals surface area (Å²) >= 11 is 0. The van der Waals surface area contributed by atoms with Gasteiger partial charge in [-0.2, -0.15) is 0 Å². The molecular weight excluding hydrogens is 348 g/mol. The summed E-state index contributed by atoms with van der Waals surface area (Å²) in [5.74, 6) is 0.336. The largest absolute Gasteiger partial charge is 0.497 e. The van der Waals surface area contributed by atoms with Gasteiger partial charge in [-0.1, -0.05) is 35.5 Å². The number of amides is 1. The van der Waals surface area contributed by atoms with Crippen molar-refractivity contribution in [2.24, 2.45) is 0 Å². The van der Waals surface area contributed by atoms with Gasteiger partial charge >= 0.3 is 5.97 Å². The lowest BCUT2D eigenvalue weighted by Crippen LogP contribution is -2.30. The maximum Gasteiger partial charge on any atom is 0.325 e. The SMILES string of the molecule is COc1cccc(-c2cc(COC(=O)CNC(=O)c3ccccc3)no2)c1. The van der Waals surface area contributed by atoms with Crippen LogP contribution in [0.4, 0.5) is 0 Å². The van der Waals surface area contributed by atoms with Gasteiger partial charge in [-0.25, -0.2) is 0 Å². The molecule has 1 amide bonds. The van der Waals surface area contributed by atoms with Gasteiger partial charge in [0.15, 0.2) is 5.76 Å². The number of aromatic nitrogens is 1. The standard InChI is InChI=1S/C20H18N2O5/c1-25-17-9-5-8-15(10-17)18-11-16(22-27-18)13-26-19(23)12-21-20(24)14-6-3-2-4-7-14/h2-11H,12-13H2,1H3,(H,21,24). The Morgan fingerprint density at radius 1 is 1.07 bits per heavy atom. The molecule has 3 rings (SSSR count). The van der Waals surface area contributed by atoms with Crippen LogP contribution >= 0.6 is 0 Å². The molecule has 0 saturated heterocycles. The van der Waals surface area contributed by atoms with Crippen LogP contribution in [0.1, 0.15) is 16.1 Å². The fourth-order valence-electron chi connectivity index (χ4n) is 2.34. The molecule has 0 atom stereocenters. The molecule has 0 aliphatic heterocycles. The Bertz CT molecular complexity index is 921. The molecule has 0 unspecified atom stereocenters. The summed E-state index contributed by atoms with van der Waals surface area (Å²) in [5, 5.41) is 6.39. The number of hydrogen-bond donors (Lipinski definition) is 1. The minimum atomic E-state index is -0.565. The summed E-state index contributed by atoms with van der Waals surface area (Å²) in [6, 6.07) is 17.7. The normalized spacial score (nSPS) is 10.3. The summed E-state index contributed by atoms with van der Waals surface area (Å²) in [4.78, 5) is 23.7. The summed E-state index contributed by atoms with van der Waals surface area (Å²) in [5.41, 5.74) is 1.75. The Morgan fingerprint density at radius 3 is 2.67 bits per heavy atom. The molecular formula is C20H18N2O5. The number of hydrogen-bond acceptors (Lipinski definition) is 6. The zero-order chi connectivity index (χ0) is 19.1. The predicted octanol–water partition coefficient (Wildman–Crippen LogP) is 2.82. The van der Waals surface area contributed by atoms with Gasteiger partial charge in [0.05, 0.1) is 7.11 Å². The molecule has 1 N–H and O–H groups in total. The molecule has 138 valence electrons. The Kier molecular flexibility index (Phi) is 5.84. The van der Waals surface area contributed by atoms with Crippen molar-refractivity contribution >= 4 is 11.9 Å². The second kappa shape index (κ2) is 8.66. The lowest BCUT2D eigenvalue weighted by Gasteiger charge is -2.05. The van der Waals surface area contributed by atoms with E-state index < -0.39 is 5.97 Å². The van der Waals surface area contributed by atoms with Crippen LogP contribution in [0.25, 0.3) is 11.3 Å². The maximum absolute atomic E-state index is 11.9. The zero-order valence-electron chi connectivity index (χ0n) is 14.7. The van der Waals surface area contributed by atoms with Gasteiger partial charge in [-0.3, -0.25) is 9.59 Å². The molecule has 7 nitrogen and oxygen atoms in total. The van der Waals surface area contributed by atoms with Crippen molar-refractivity contribution in [3.63, 3.8) is 0 Å². The van der Waals surface area contributed by atoms with Gasteiger partial charge in [0, 0.05) is 17.2 Å². The van der Waals surface area contributed by atoms with Gasteiger partial charge < -0.3 is 19.3 Å². The summed E-state index contributed by atoms with van der Waals surface area (Å²) in [6.45, 7) is -0.276. The van der Waals surface area contributed by atoms with E-state index in [1.807, 2.05) is 30.3 Å². The highest BCUT2D eigenvalue weighted by atomic mass is 16.5. The first kappa shape index (κ1) is 18.2. The van der Waals surface area contributed by atoms with Crippen LogP contribution in [0.2, 0.25) is 0 Å². The van der Waals surface area contributed by atoms with E-state index >= 15 is 0 Å². The lowest BCUT2D eigenvalue weighted by molar-refractivity contribution is -0.143. The van der Waals surface area contributed by atoms with E-state index in [0.717, 1.165) is 5.56 Å². The topological polar surface area (TPSA) is 90.7 Å². The van der Waals surface area contributed by atoms with Crippen molar-refractivity contribution < 1.29 is 23.6 Å². The number of benzene rings is 2. The number of methoxy groups -OCH3 is 1. The molecule has 27 heavy (non-hydrogen) atoms. The van der Waals surface area contributed by atoms with E-state index in [0.29, 0.717) is 22.8 Å². The van der Waals surface area contributed by atoms with Gasteiger partial charge in [0.1, 0.15) is 24.6 Å². The monoisotopic (exact) mass is 366 g/mol. The second-order valence-corrected chi connectivity index (χ2v) is 5.62. The van der Waals surface area contributed by atoms with E-state index in [2.05, 4.69) is 10.5 Å². The Hall–Kier alpha value is -3.61. The van der Waals surface area contributed by atoms with Crippen LogP contribution in [-0.4, -0.2) is 30.7 Å². The van der Waals surface area contributed by atoms with Crippen LogP contribution in [0.15, 0.2) is 65.2 Å². The second-order valence-electron chi connectivity index (χ2n) is 5.62. The van der Waals surface area contributed by atoms with E-state index in [1.165, 1.54) is 0 Å². The van der Waals surface area contributed by atoms with E-state index in [1.54, 1.807) is 37.4 Å². The average molecular weight is 366 g/mol. The van der Waals surface area contributed by atoms with Gasteiger partial charge in [-0.15, -0.1) is 0 Å². The number of nitrogens with one attached hydrogen (secondary N) is 1. The van der Waals surface area contributed by atoms with Crippen LogP contribution in [0.5, 0.6) is 5.75 Å². The molecule has 0 fully saturated rings. The summed E-state index contributed by atoms with van der Waals surface area (Å²) in [6.07, 6.45) is 0.